The van der Waals surface area contributed by atoms with Gasteiger partial charge in [-0.15, -0.1) is 0 Å². The molecular weight excluding hydrogens is 853 g/mol. The van der Waals surface area contributed by atoms with Crippen LogP contribution in [0.2, 0.25) is 0 Å². The zero-order valence-electron chi connectivity index (χ0n) is 55.2. The van der Waals surface area contributed by atoms with Crippen molar-refractivity contribution in [2.24, 2.45) is 17.3 Å². The van der Waals surface area contributed by atoms with Crippen LogP contribution in [0.5, 0.6) is 0 Å². The fourth-order valence-corrected chi connectivity index (χ4v) is 7.20. The number of hydrogen-bond donors (Lipinski definition) is 0. The Balaban J connectivity index is -0.000000108. The SMILES string of the molecule is C/C=C/CC.CC/C=C1/C/C=C(\C)CC(C)CCC1.CCC(C)(C)CC.CCCC.CCCCC.CCCCCC.CCCCCCCC.CCCCCCCCCC.CCCCCCCCCC(C)C. The van der Waals surface area contributed by atoms with E-state index in [4.69, 9.17) is 0 Å². The molecule has 0 aromatic rings. The molecule has 0 heterocycles. The highest BCUT2D eigenvalue weighted by Crippen LogP contribution is 2.25. The van der Waals surface area contributed by atoms with Gasteiger partial charge in [-0.3, -0.25) is 0 Å². The summed E-state index contributed by atoms with van der Waals surface area (Å²) < 4.78 is 0. The van der Waals surface area contributed by atoms with Gasteiger partial charge < -0.3 is 0 Å². The monoisotopic (exact) mass is 1010 g/mol. The van der Waals surface area contributed by atoms with E-state index in [1.54, 1.807) is 11.1 Å². The van der Waals surface area contributed by atoms with Gasteiger partial charge in [-0.2, -0.15) is 0 Å². The lowest BCUT2D eigenvalue weighted by atomic mass is 9.88. The van der Waals surface area contributed by atoms with Crippen molar-refractivity contribution < 1.29 is 0 Å². The molecule has 436 valence electrons. The van der Waals surface area contributed by atoms with Gasteiger partial charge in [0.2, 0.25) is 0 Å². The highest BCUT2D eigenvalue weighted by Gasteiger charge is 2.10. The molecule has 0 amide bonds. The Morgan fingerprint density at radius 1 is 0.479 bits per heavy atom. The second-order valence-electron chi connectivity index (χ2n) is 22.5. The fourth-order valence-electron chi connectivity index (χ4n) is 7.20. The van der Waals surface area contributed by atoms with Crippen LogP contribution in [0.15, 0.2) is 35.5 Å². The van der Waals surface area contributed by atoms with Crippen molar-refractivity contribution in [1.29, 1.82) is 0 Å². The van der Waals surface area contributed by atoms with Gasteiger partial charge in [-0.25, -0.2) is 0 Å². The first-order chi connectivity index (χ1) is 34.1. The van der Waals surface area contributed by atoms with Gasteiger partial charge in [-0.05, 0) is 69.6 Å². The second-order valence-corrected chi connectivity index (χ2v) is 22.5. The molecule has 1 aliphatic carbocycles. The molecule has 0 bridgehead atoms. The van der Waals surface area contributed by atoms with Crippen LogP contribution in [0.3, 0.4) is 0 Å². The average Bonchev–Trinajstić information content (AvgIpc) is 3.44. The minimum atomic E-state index is 0.583. The highest BCUT2D eigenvalue weighted by atomic mass is 14.2. The van der Waals surface area contributed by atoms with E-state index in [-0.39, 0.29) is 0 Å². The minimum absolute atomic E-state index is 0.583. The highest BCUT2D eigenvalue weighted by molar-refractivity contribution is 5.12. The molecule has 0 heteroatoms. The summed E-state index contributed by atoms with van der Waals surface area (Å²) in [6.45, 7) is 49.3. The maximum atomic E-state index is 2.43. The van der Waals surface area contributed by atoms with Crippen molar-refractivity contribution in [1.82, 2.24) is 0 Å². The van der Waals surface area contributed by atoms with E-state index in [0.717, 1.165) is 18.3 Å². The largest absolute Gasteiger partial charge is 0.0917 e. The van der Waals surface area contributed by atoms with E-state index < -0.39 is 0 Å². The van der Waals surface area contributed by atoms with Crippen molar-refractivity contribution in [3.05, 3.63) is 35.5 Å². The fraction of sp³-hybridized carbons (Fsp3) is 0.915. The van der Waals surface area contributed by atoms with E-state index in [0.29, 0.717) is 5.41 Å². The quantitative estimate of drug-likeness (QED) is 0.0497. The molecule has 1 atom stereocenters. The van der Waals surface area contributed by atoms with Crippen LogP contribution in [-0.4, -0.2) is 0 Å². The molecule has 0 N–H and O–H groups in total. The molecule has 1 aliphatic rings. The number of unbranched alkanes of at least 4 members (excludes halogenated alkanes) is 24. The molecular formula is C71H152. The molecule has 0 spiro atoms. The smallest absolute Gasteiger partial charge is 0.0136 e. The number of hydrogen-bond acceptors (Lipinski definition) is 0. The average molecular weight is 1010 g/mol. The second kappa shape index (κ2) is 86.0. The third-order valence-corrected chi connectivity index (χ3v) is 13.4. The first kappa shape index (κ1) is 86.9. The Morgan fingerprint density at radius 2 is 0.817 bits per heavy atom. The van der Waals surface area contributed by atoms with Crippen LogP contribution in [0, 0.1) is 17.3 Å². The van der Waals surface area contributed by atoms with Crippen molar-refractivity contribution in [3.63, 3.8) is 0 Å². The lowest BCUT2D eigenvalue weighted by Gasteiger charge is -2.18. The molecule has 0 nitrogen and oxygen atoms in total. The molecule has 0 aromatic carbocycles. The van der Waals surface area contributed by atoms with Crippen LogP contribution in [0.4, 0.5) is 0 Å². The first-order valence-electron chi connectivity index (χ1n) is 33.0. The predicted octanol–water partition coefficient (Wildman–Crippen LogP) is 28.6. The van der Waals surface area contributed by atoms with Crippen LogP contribution in [-0.2, 0) is 0 Å². The maximum absolute atomic E-state index is 2.43. The summed E-state index contributed by atoms with van der Waals surface area (Å²) in [7, 11) is 0. The van der Waals surface area contributed by atoms with Gasteiger partial charge in [0.25, 0.3) is 0 Å². The van der Waals surface area contributed by atoms with Gasteiger partial charge in [0.15, 0.2) is 0 Å². The van der Waals surface area contributed by atoms with Crippen LogP contribution >= 0.6 is 0 Å². The van der Waals surface area contributed by atoms with Gasteiger partial charge in [-0.1, -0.05) is 392 Å². The van der Waals surface area contributed by atoms with Crippen molar-refractivity contribution >= 4 is 0 Å². The minimum Gasteiger partial charge on any atom is -0.0917 e. The predicted molar refractivity (Wildman–Crippen MR) is 344 cm³/mol. The van der Waals surface area contributed by atoms with Crippen LogP contribution in [0.1, 0.15) is 409 Å². The molecule has 0 radical (unpaired) electrons. The van der Waals surface area contributed by atoms with Gasteiger partial charge in [0, 0.05) is 0 Å². The zero-order valence-corrected chi connectivity index (χ0v) is 55.2. The maximum Gasteiger partial charge on any atom is -0.0136 e. The summed E-state index contributed by atoms with van der Waals surface area (Å²) in [6.07, 6.45) is 64.3. The molecule has 1 unspecified atom stereocenters. The summed E-state index contributed by atoms with van der Waals surface area (Å²) in [5.74, 6) is 1.79. The van der Waals surface area contributed by atoms with Crippen molar-refractivity contribution in [3.8, 4) is 0 Å². The lowest BCUT2D eigenvalue weighted by molar-refractivity contribution is 0.338. The molecule has 0 saturated carbocycles. The molecule has 0 saturated heterocycles. The van der Waals surface area contributed by atoms with Crippen LogP contribution < -0.4 is 0 Å². The van der Waals surface area contributed by atoms with E-state index in [9.17, 15) is 0 Å². The first-order valence-corrected chi connectivity index (χ1v) is 33.0. The van der Waals surface area contributed by atoms with E-state index >= 15 is 0 Å². The summed E-state index contributed by atoms with van der Waals surface area (Å²) in [4.78, 5) is 0. The van der Waals surface area contributed by atoms with Gasteiger partial charge in [0.1, 0.15) is 0 Å². The molecule has 0 aliphatic heterocycles. The van der Waals surface area contributed by atoms with E-state index in [2.05, 4.69) is 170 Å². The molecule has 71 heavy (non-hydrogen) atoms. The Labute approximate surface area is 459 Å². The van der Waals surface area contributed by atoms with E-state index in [1.165, 1.54) is 250 Å². The third-order valence-electron chi connectivity index (χ3n) is 13.4. The Kier molecular flexibility index (Phi) is 105. The summed E-state index contributed by atoms with van der Waals surface area (Å²) >= 11 is 0. The van der Waals surface area contributed by atoms with Crippen molar-refractivity contribution in [2.75, 3.05) is 0 Å². The Bertz CT molecular complexity index is 854. The molecule has 1 rings (SSSR count). The van der Waals surface area contributed by atoms with Crippen molar-refractivity contribution in [2.45, 2.75) is 409 Å². The summed E-state index contributed by atoms with van der Waals surface area (Å²) in [5.41, 5.74) is 3.82. The normalized spacial score (nSPS) is 14.3. The summed E-state index contributed by atoms with van der Waals surface area (Å²) in [5, 5.41) is 0. The summed E-state index contributed by atoms with van der Waals surface area (Å²) in [6, 6.07) is 0. The number of allylic oxidation sites excluding steroid dienone is 6. The Hall–Kier alpha value is -0.780. The molecule has 0 aromatic heterocycles. The topological polar surface area (TPSA) is 0 Å². The lowest BCUT2D eigenvalue weighted by Crippen LogP contribution is -2.05. The standard InChI is InChI=1S/C14H24.C12H26.C10H22.C8H18.C7H16.C6H14.C5H12.C5H10.C4H10/c1-4-6-14-8-5-7-12(2)11-13(3)9-10-14;1-4-5-6-7-8-9-10-11-12(2)3;1-3-5-7-9-10-8-6-4-2;1-3-5-7-8-6-4-2;1-5-7(3,4)6-2;1-3-5-6-4-2;2*1-3-5-4-2;1-3-4-2/h6,9,12H,4-5,7-8,10-11H2,1-3H3;12H,4-11H2,1-3H3;3-10H2,1-2H3;3-8H2,1-2H3;5-6H2,1-4H3;3-6H2,1-2H3;3-5H2,1-2H3;3,5H,4H2,1-2H3;3-4H2,1-2H3/b13-9+,14-6+;;;;;;;5-3+;. The number of rotatable bonds is 30. The van der Waals surface area contributed by atoms with Gasteiger partial charge in [0.05, 0.1) is 0 Å². The van der Waals surface area contributed by atoms with Crippen LogP contribution in [0.25, 0.3) is 0 Å². The molecule has 0 fully saturated rings. The Morgan fingerprint density at radius 3 is 1.06 bits per heavy atom. The third kappa shape index (κ3) is 115. The zero-order chi connectivity index (χ0) is 55.9. The van der Waals surface area contributed by atoms with E-state index in [1.807, 2.05) is 6.92 Å². The van der Waals surface area contributed by atoms with Gasteiger partial charge >= 0.3 is 0 Å².